The first kappa shape index (κ1) is 42.1. The van der Waals surface area contributed by atoms with Gasteiger partial charge in [-0.1, -0.05) is 24.3 Å². The maximum absolute atomic E-state index is 13.2. The normalized spacial score (nSPS) is 13.5. The molecule has 0 spiro atoms. The van der Waals surface area contributed by atoms with E-state index in [1.165, 1.54) is 48.5 Å². The lowest BCUT2D eigenvalue weighted by atomic mass is 9.80. The highest BCUT2D eigenvalue weighted by Gasteiger charge is 2.24. The second-order valence-corrected chi connectivity index (χ2v) is 13.1. The lowest BCUT2D eigenvalue weighted by Crippen LogP contribution is -2.23. The van der Waals surface area contributed by atoms with Crippen LogP contribution in [0.1, 0.15) is 47.9 Å². The molecule has 4 rings (SSSR count). The van der Waals surface area contributed by atoms with E-state index in [4.69, 9.17) is 10.2 Å². The van der Waals surface area contributed by atoms with E-state index in [2.05, 4.69) is 0 Å². The van der Waals surface area contributed by atoms with Crippen LogP contribution in [0.2, 0.25) is 0 Å². The second kappa shape index (κ2) is 21.2. The molecule has 0 unspecified atom stereocenters. The number of hydrogen-bond donors (Lipinski definition) is 8. The molecule has 52 heavy (non-hydrogen) atoms. The van der Waals surface area contributed by atoms with Gasteiger partial charge in [-0.3, -0.25) is 0 Å². The van der Waals surface area contributed by atoms with Gasteiger partial charge in [0.1, 0.15) is 0 Å². The van der Waals surface area contributed by atoms with Crippen molar-refractivity contribution < 1.29 is 58.4 Å². The van der Waals surface area contributed by atoms with Crippen molar-refractivity contribution in [2.45, 2.75) is 51.4 Å². The Kier molecular flexibility index (Phi) is 17.2. The zero-order chi connectivity index (χ0) is 38.2. The Morgan fingerprint density at radius 3 is 0.846 bits per heavy atom. The standard InChI is InChI=1S/2C20H24F2O4/c2*21-17-5-3-13(10-19(17)25)8-15(2-1-7-23)16(12-24)9-14-4-6-18(22)20(26)11-14/h2*3-6,10-11,15-16,23-26H,1-2,7-9,12H2/t2*15-,16+/m10/s1. The Hall–Kier alpha value is -4.36. The molecule has 284 valence electrons. The average Bonchev–Trinajstić information content (AvgIpc) is 3.12. The van der Waals surface area contributed by atoms with Crippen LogP contribution in [-0.4, -0.2) is 67.3 Å². The molecular formula is C40H48F4O8. The third-order valence-electron chi connectivity index (χ3n) is 9.30. The number of aromatic hydroxyl groups is 4. The van der Waals surface area contributed by atoms with Crippen molar-refractivity contribution in [1.29, 1.82) is 0 Å². The van der Waals surface area contributed by atoms with E-state index in [0.29, 0.717) is 62.5 Å². The Bertz CT molecular complexity index is 1560. The molecule has 8 nitrogen and oxygen atoms in total. The van der Waals surface area contributed by atoms with Gasteiger partial charge in [0.05, 0.1) is 0 Å². The van der Waals surface area contributed by atoms with Gasteiger partial charge in [0.2, 0.25) is 0 Å². The van der Waals surface area contributed by atoms with Gasteiger partial charge >= 0.3 is 0 Å². The van der Waals surface area contributed by atoms with E-state index in [1.54, 1.807) is 24.3 Å². The summed E-state index contributed by atoms with van der Waals surface area (Å²) in [5, 5.41) is 76.1. The van der Waals surface area contributed by atoms with E-state index < -0.39 is 46.3 Å². The molecule has 0 radical (unpaired) electrons. The minimum atomic E-state index is -0.701. The molecule has 4 atom stereocenters. The number of hydrogen-bond acceptors (Lipinski definition) is 8. The summed E-state index contributed by atoms with van der Waals surface area (Å²) in [6, 6.07) is 16.4. The van der Waals surface area contributed by atoms with Gasteiger partial charge in [-0.25, -0.2) is 17.6 Å². The summed E-state index contributed by atoms with van der Waals surface area (Å²) in [7, 11) is 0. The second-order valence-electron chi connectivity index (χ2n) is 13.1. The van der Waals surface area contributed by atoms with E-state index in [0.717, 1.165) is 11.1 Å². The zero-order valence-electron chi connectivity index (χ0n) is 28.8. The summed E-state index contributed by atoms with van der Waals surface area (Å²) in [5.41, 5.74) is 2.84. The number of benzene rings is 4. The number of halogens is 4. The third-order valence-corrected chi connectivity index (χ3v) is 9.30. The lowest BCUT2D eigenvalue weighted by Gasteiger charge is -2.26. The van der Waals surface area contributed by atoms with Gasteiger partial charge in [0.25, 0.3) is 0 Å². The third kappa shape index (κ3) is 13.0. The summed E-state index contributed by atoms with van der Waals surface area (Å²) < 4.78 is 52.9. The molecule has 0 amide bonds. The summed E-state index contributed by atoms with van der Waals surface area (Å²) in [6.45, 7) is -0.218. The Labute approximate surface area is 300 Å². The molecule has 0 saturated carbocycles. The van der Waals surface area contributed by atoms with Crippen molar-refractivity contribution in [3.05, 3.63) is 118 Å². The van der Waals surface area contributed by atoms with Crippen molar-refractivity contribution in [1.82, 2.24) is 0 Å². The zero-order valence-corrected chi connectivity index (χ0v) is 28.8. The largest absolute Gasteiger partial charge is 0.505 e. The highest BCUT2D eigenvalue weighted by Crippen LogP contribution is 2.31. The maximum Gasteiger partial charge on any atom is 0.164 e. The topological polar surface area (TPSA) is 162 Å². The van der Waals surface area contributed by atoms with Gasteiger partial charge in [0.15, 0.2) is 46.3 Å². The quantitative estimate of drug-likeness (QED) is 0.0552. The monoisotopic (exact) mass is 732 g/mol. The fourth-order valence-electron chi connectivity index (χ4n) is 6.43. The van der Waals surface area contributed by atoms with E-state index in [1.807, 2.05) is 0 Å². The summed E-state index contributed by atoms with van der Waals surface area (Å²) in [5.74, 6) is -4.97. The predicted octanol–water partition coefficient (Wildman–Crippen LogP) is 6.32. The molecule has 0 aromatic heterocycles. The van der Waals surface area contributed by atoms with Crippen LogP contribution in [-0.2, 0) is 25.7 Å². The van der Waals surface area contributed by atoms with Crippen LogP contribution in [0.25, 0.3) is 0 Å². The Morgan fingerprint density at radius 2 is 0.635 bits per heavy atom. The molecule has 0 fully saturated rings. The van der Waals surface area contributed by atoms with Gasteiger partial charge in [-0.05, 0) is 146 Å². The van der Waals surface area contributed by atoms with Crippen molar-refractivity contribution in [3.8, 4) is 23.0 Å². The van der Waals surface area contributed by atoms with Crippen LogP contribution in [0.15, 0.2) is 72.8 Å². The van der Waals surface area contributed by atoms with Crippen LogP contribution < -0.4 is 0 Å². The average molecular weight is 733 g/mol. The van der Waals surface area contributed by atoms with Crippen LogP contribution >= 0.6 is 0 Å². The minimum Gasteiger partial charge on any atom is -0.505 e. The van der Waals surface area contributed by atoms with Crippen LogP contribution in [0, 0.1) is 46.9 Å². The van der Waals surface area contributed by atoms with Crippen LogP contribution in [0.4, 0.5) is 17.6 Å². The van der Waals surface area contributed by atoms with Gasteiger partial charge in [-0.15, -0.1) is 0 Å². The minimum absolute atomic E-state index is 0.0145. The van der Waals surface area contributed by atoms with E-state index in [-0.39, 0.29) is 50.1 Å². The molecule has 4 aromatic rings. The Morgan fingerprint density at radius 1 is 0.385 bits per heavy atom. The first-order valence-electron chi connectivity index (χ1n) is 17.2. The summed E-state index contributed by atoms with van der Waals surface area (Å²) in [4.78, 5) is 0. The SMILES string of the molecule is OCCC[C@@H](Cc1ccc(F)c(O)c1)[C@@H](CO)Cc1ccc(F)c(O)c1.OCCC[C@H](Cc1ccc(F)c(O)c1)[C@H](CO)Cc1ccc(F)c(O)c1. The Balaban J connectivity index is 0.000000280. The molecule has 4 aromatic carbocycles. The molecular weight excluding hydrogens is 684 g/mol. The van der Waals surface area contributed by atoms with Crippen molar-refractivity contribution in [2.75, 3.05) is 26.4 Å². The van der Waals surface area contributed by atoms with Crippen molar-refractivity contribution in [3.63, 3.8) is 0 Å². The van der Waals surface area contributed by atoms with Crippen LogP contribution in [0.3, 0.4) is 0 Å². The number of aliphatic hydroxyl groups excluding tert-OH is 4. The number of rotatable bonds is 18. The van der Waals surface area contributed by atoms with E-state index in [9.17, 15) is 48.2 Å². The molecule has 0 aliphatic rings. The highest BCUT2D eigenvalue weighted by molar-refractivity contribution is 5.32. The summed E-state index contributed by atoms with van der Waals surface area (Å²) >= 11 is 0. The fourth-order valence-corrected chi connectivity index (χ4v) is 6.43. The first-order valence-corrected chi connectivity index (χ1v) is 17.2. The van der Waals surface area contributed by atoms with Crippen LogP contribution in [0.5, 0.6) is 23.0 Å². The van der Waals surface area contributed by atoms with Crippen molar-refractivity contribution in [2.24, 2.45) is 23.7 Å². The molecule has 0 heterocycles. The number of aliphatic hydroxyl groups is 4. The predicted molar refractivity (Wildman–Crippen MR) is 188 cm³/mol. The summed E-state index contributed by atoms with van der Waals surface area (Å²) in [6.07, 6.45) is 4.19. The maximum atomic E-state index is 13.2. The van der Waals surface area contributed by atoms with Gasteiger partial charge < -0.3 is 40.9 Å². The first-order chi connectivity index (χ1) is 24.9. The molecule has 0 bridgehead atoms. The van der Waals surface area contributed by atoms with Gasteiger partial charge in [-0.2, -0.15) is 0 Å². The van der Waals surface area contributed by atoms with Gasteiger partial charge in [0, 0.05) is 26.4 Å². The lowest BCUT2D eigenvalue weighted by molar-refractivity contribution is 0.158. The highest BCUT2D eigenvalue weighted by atomic mass is 19.1. The number of phenolic OH excluding ortho intramolecular Hbond substituents is 4. The molecule has 8 N–H and O–H groups in total. The number of phenols is 4. The molecule has 0 aliphatic carbocycles. The molecule has 12 heteroatoms. The smallest absolute Gasteiger partial charge is 0.164 e. The molecule has 0 saturated heterocycles. The fraction of sp³-hybridized carbons (Fsp3) is 0.400. The molecule has 0 aliphatic heterocycles. The van der Waals surface area contributed by atoms with E-state index >= 15 is 0 Å². The van der Waals surface area contributed by atoms with Crippen molar-refractivity contribution >= 4 is 0 Å².